The molecule has 16 heavy (non-hydrogen) atoms. The minimum absolute atomic E-state index is 0.0816. The van der Waals surface area contributed by atoms with Gasteiger partial charge in [-0.05, 0) is 12.8 Å². The summed E-state index contributed by atoms with van der Waals surface area (Å²) in [5.74, 6) is 0. The first-order valence-corrected chi connectivity index (χ1v) is 7.15. The Morgan fingerprint density at radius 2 is 1.50 bits per heavy atom. The fourth-order valence-electron chi connectivity index (χ4n) is 2.17. The quantitative estimate of drug-likeness (QED) is 0.545. The Kier molecular flexibility index (Phi) is 5.70. The van der Waals surface area contributed by atoms with Crippen molar-refractivity contribution in [3.8, 4) is 0 Å². The molecule has 92 valence electrons. The standard InChI is InChI=1S/C13H19Cl3/c1-3-5-7-13(8-6-4-2)9-10(14)11(15)12(13)16/h9H,3-8H2,1-2H3. The van der Waals surface area contributed by atoms with Crippen LogP contribution in [0.1, 0.15) is 52.4 Å². The van der Waals surface area contributed by atoms with Crippen LogP contribution < -0.4 is 0 Å². The number of unbranched alkanes of at least 4 members (excludes halogenated alkanes) is 2. The molecule has 0 unspecified atom stereocenters. The van der Waals surface area contributed by atoms with Crippen molar-refractivity contribution in [3.05, 3.63) is 21.2 Å². The summed E-state index contributed by atoms with van der Waals surface area (Å²) in [5, 5.41) is 1.93. The summed E-state index contributed by atoms with van der Waals surface area (Å²) in [6.45, 7) is 4.38. The van der Waals surface area contributed by atoms with Crippen LogP contribution >= 0.6 is 34.8 Å². The number of allylic oxidation sites excluding steroid dienone is 4. The van der Waals surface area contributed by atoms with Crippen LogP contribution in [0.3, 0.4) is 0 Å². The largest absolute Gasteiger partial charge is 0.0865 e. The van der Waals surface area contributed by atoms with Gasteiger partial charge in [-0.25, -0.2) is 0 Å². The third-order valence-corrected chi connectivity index (χ3v) is 4.64. The zero-order valence-corrected chi connectivity index (χ0v) is 12.2. The summed E-state index contributed by atoms with van der Waals surface area (Å²) < 4.78 is 0. The van der Waals surface area contributed by atoms with E-state index in [-0.39, 0.29) is 5.41 Å². The van der Waals surface area contributed by atoms with Crippen molar-refractivity contribution in [2.75, 3.05) is 0 Å². The van der Waals surface area contributed by atoms with Crippen molar-refractivity contribution < 1.29 is 0 Å². The molecule has 0 nitrogen and oxygen atoms in total. The van der Waals surface area contributed by atoms with Crippen molar-refractivity contribution >= 4 is 34.8 Å². The first-order chi connectivity index (χ1) is 7.57. The molecule has 0 fully saturated rings. The highest BCUT2D eigenvalue weighted by molar-refractivity contribution is 6.49. The normalized spacial score (nSPS) is 19.2. The van der Waals surface area contributed by atoms with E-state index in [9.17, 15) is 0 Å². The van der Waals surface area contributed by atoms with E-state index in [0.717, 1.165) is 30.7 Å². The molecular formula is C13H19Cl3. The lowest BCUT2D eigenvalue weighted by atomic mass is 9.79. The van der Waals surface area contributed by atoms with E-state index in [1.807, 2.05) is 0 Å². The second-order valence-corrected chi connectivity index (χ2v) is 5.65. The Hall–Kier alpha value is 0.350. The Morgan fingerprint density at radius 1 is 1.00 bits per heavy atom. The zero-order valence-electron chi connectivity index (χ0n) is 9.95. The third kappa shape index (κ3) is 2.97. The van der Waals surface area contributed by atoms with Crippen LogP contribution in [0.4, 0.5) is 0 Å². The smallest absolute Gasteiger partial charge is 0.0743 e. The van der Waals surface area contributed by atoms with Gasteiger partial charge in [0.15, 0.2) is 0 Å². The van der Waals surface area contributed by atoms with E-state index in [1.165, 1.54) is 12.8 Å². The first-order valence-electron chi connectivity index (χ1n) is 6.02. The Labute approximate surface area is 114 Å². The van der Waals surface area contributed by atoms with Gasteiger partial charge in [-0.3, -0.25) is 0 Å². The predicted molar refractivity (Wildman–Crippen MR) is 74.2 cm³/mol. The molecule has 0 aromatic carbocycles. The fourth-order valence-corrected chi connectivity index (χ4v) is 3.11. The van der Waals surface area contributed by atoms with Gasteiger partial charge in [0, 0.05) is 10.4 Å². The summed E-state index contributed by atoms with van der Waals surface area (Å²) >= 11 is 18.6. The van der Waals surface area contributed by atoms with Crippen LogP contribution in [-0.2, 0) is 0 Å². The van der Waals surface area contributed by atoms with E-state index >= 15 is 0 Å². The SMILES string of the molecule is CCCCC1(CCCC)C=C(Cl)C(Cl)=C1Cl. The van der Waals surface area contributed by atoms with Crippen LogP contribution in [0.25, 0.3) is 0 Å². The lowest BCUT2D eigenvalue weighted by Crippen LogP contribution is -2.16. The second-order valence-electron chi connectivity index (χ2n) is 4.48. The van der Waals surface area contributed by atoms with Crippen LogP contribution in [0.5, 0.6) is 0 Å². The predicted octanol–water partition coefficient (Wildman–Crippen LogP) is 6.18. The maximum Gasteiger partial charge on any atom is 0.0743 e. The van der Waals surface area contributed by atoms with Gasteiger partial charge in [0.2, 0.25) is 0 Å². The highest BCUT2D eigenvalue weighted by Gasteiger charge is 2.37. The second kappa shape index (κ2) is 6.33. The van der Waals surface area contributed by atoms with Crippen molar-refractivity contribution in [1.82, 2.24) is 0 Å². The molecule has 0 aromatic rings. The topological polar surface area (TPSA) is 0 Å². The number of hydrogen-bond acceptors (Lipinski definition) is 0. The van der Waals surface area contributed by atoms with Crippen molar-refractivity contribution in [2.24, 2.45) is 5.41 Å². The summed E-state index contributed by atoms with van der Waals surface area (Å²) in [4.78, 5) is 0. The molecule has 1 aliphatic rings. The summed E-state index contributed by atoms with van der Waals surface area (Å²) in [6.07, 6.45) is 8.81. The van der Waals surface area contributed by atoms with Crippen molar-refractivity contribution in [2.45, 2.75) is 52.4 Å². The molecule has 0 radical (unpaired) electrons. The van der Waals surface area contributed by atoms with Crippen molar-refractivity contribution in [3.63, 3.8) is 0 Å². The molecule has 3 heteroatoms. The molecule has 0 saturated carbocycles. The van der Waals surface area contributed by atoms with Gasteiger partial charge in [0.05, 0.1) is 10.1 Å². The molecule has 0 heterocycles. The monoisotopic (exact) mass is 280 g/mol. The van der Waals surface area contributed by atoms with Gasteiger partial charge in [0.25, 0.3) is 0 Å². The van der Waals surface area contributed by atoms with Gasteiger partial charge in [-0.2, -0.15) is 0 Å². The molecule has 0 saturated heterocycles. The highest BCUT2D eigenvalue weighted by atomic mass is 35.5. The number of halogens is 3. The molecule has 0 N–H and O–H groups in total. The van der Waals surface area contributed by atoms with Gasteiger partial charge >= 0.3 is 0 Å². The average molecular weight is 282 g/mol. The Balaban J connectivity index is 2.88. The molecular weight excluding hydrogens is 263 g/mol. The Bertz CT molecular complexity index is 294. The molecule has 0 spiro atoms. The summed E-state index contributed by atoms with van der Waals surface area (Å²) in [6, 6.07) is 0. The van der Waals surface area contributed by atoms with Crippen LogP contribution in [0, 0.1) is 5.41 Å². The highest BCUT2D eigenvalue weighted by Crippen LogP contribution is 2.52. The first kappa shape index (κ1) is 14.4. The van der Waals surface area contributed by atoms with Gasteiger partial charge in [-0.1, -0.05) is 80.4 Å². The lowest BCUT2D eigenvalue weighted by molar-refractivity contribution is 0.381. The maximum absolute atomic E-state index is 6.36. The zero-order chi connectivity index (χ0) is 12.2. The molecule has 0 aliphatic heterocycles. The van der Waals surface area contributed by atoms with Gasteiger partial charge < -0.3 is 0 Å². The molecule has 1 aliphatic carbocycles. The van der Waals surface area contributed by atoms with E-state index in [4.69, 9.17) is 34.8 Å². The summed E-state index contributed by atoms with van der Waals surface area (Å²) in [7, 11) is 0. The molecule has 0 amide bonds. The number of hydrogen-bond donors (Lipinski definition) is 0. The summed E-state index contributed by atoms with van der Waals surface area (Å²) in [5.41, 5.74) is -0.0816. The van der Waals surface area contributed by atoms with E-state index in [2.05, 4.69) is 19.9 Å². The third-order valence-electron chi connectivity index (χ3n) is 3.20. The molecule has 1 rings (SSSR count). The van der Waals surface area contributed by atoms with Crippen molar-refractivity contribution in [1.29, 1.82) is 0 Å². The molecule has 0 bridgehead atoms. The van der Waals surface area contributed by atoms with E-state index < -0.39 is 0 Å². The van der Waals surface area contributed by atoms with Crippen LogP contribution in [-0.4, -0.2) is 0 Å². The average Bonchev–Trinajstić information content (AvgIpc) is 2.49. The van der Waals surface area contributed by atoms with E-state index in [0.29, 0.717) is 10.1 Å². The lowest BCUT2D eigenvalue weighted by Gasteiger charge is -2.28. The van der Waals surface area contributed by atoms with E-state index in [1.54, 1.807) is 0 Å². The van der Waals surface area contributed by atoms with Gasteiger partial charge in [-0.15, -0.1) is 0 Å². The van der Waals surface area contributed by atoms with Crippen LogP contribution in [0.2, 0.25) is 0 Å². The minimum Gasteiger partial charge on any atom is -0.0865 e. The maximum atomic E-state index is 6.36. The number of rotatable bonds is 6. The molecule has 0 aromatic heterocycles. The molecule has 0 atom stereocenters. The Morgan fingerprint density at radius 3 is 1.81 bits per heavy atom. The minimum atomic E-state index is -0.0816. The van der Waals surface area contributed by atoms with Crippen LogP contribution in [0.15, 0.2) is 21.2 Å². The fraction of sp³-hybridized carbons (Fsp3) is 0.692. The van der Waals surface area contributed by atoms with Gasteiger partial charge in [0.1, 0.15) is 0 Å².